The van der Waals surface area contributed by atoms with Gasteiger partial charge in [0.1, 0.15) is 24.6 Å². The van der Waals surface area contributed by atoms with Gasteiger partial charge >= 0.3 is 11.9 Å². The van der Waals surface area contributed by atoms with E-state index in [2.05, 4.69) is 0 Å². The van der Waals surface area contributed by atoms with Crippen molar-refractivity contribution in [1.29, 1.82) is 0 Å². The van der Waals surface area contributed by atoms with Gasteiger partial charge in [0.2, 0.25) is 0 Å². The summed E-state index contributed by atoms with van der Waals surface area (Å²) >= 11 is 0. The average molecular weight is 297 g/mol. The van der Waals surface area contributed by atoms with E-state index in [4.69, 9.17) is 36.4 Å². The van der Waals surface area contributed by atoms with Crippen molar-refractivity contribution in [3.05, 3.63) is 0 Å². The summed E-state index contributed by atoms with van der Waals surface area (Å²) in [7, 11) is 0. The number of rotatable bonds is 8. The summed E-state index contributed by atoms with van der Waals surface area (Å²) in [6.45, 7) is -0.705. The molecule has 0 amide bonds. The molecule has 8 N–H and O–H groups in total. The molecule has 0 rings (SSSR count). The molecule has 0 aromatic rings. The molecule has 0 aliphatic carbocycles. The van der Waals surface area contributed by atoms with Crippen LogP contribution in [-0.4, -0.2) is 79.8 Å². The standard InChI is InChI=1S/C6H13NO5.C4H6O4/c7-3(1-8)5(11)6(12)4(10)2-9;5-3(6)1-2-4(7)8/h1,3-6,9-12H,2,7H2;1-2H2,(H,5,6)(H,7,8)/t3-,4+,5+,6+;/m0./s1. The average Bonchev–Trinajstić information content (AvgIpc) is 2.42. The van der Waals surface area contributed by atoms with E-state index in [0.29, 0.717) is 0 Å². The first-order valence-electron chi connectivity index (χ1n) is 5.46. The molecule has 0 aliphatic rings. The van der Waals surface area contributed by atoms with Gasteiger partial charge in [0, 0.05) is 0 Å². The minimum Gasteiger partial charge on any atom is -0.481 e. The molecule has 0 aromatic heterocycles. The predicted octanol–water partition coefficient (Wildman–Crippen LogP) is -3.48. The van der Waals surface area contributed by atoms with Crippen LogP contribution in [0.25, 0.3) is 0 Å². The zero-order valence-corrected chi connectivity index (χ0v) is 10.5. The van der Waals surface area contributed by atoms with E-state index in [-0.39, 0.29) is 19.1 Å². The summed E-state index contributed by atoms with van der Waals surface area (Å²) in [6.07, 6.45) is -5.02. The number of aldehydes is 1. The highest BCUT2D eigenvalue weighted by Gasteiger charge is 2.28. The Morgan fingerprint density at radius 2 is 1.40 bits per heavy atom. The number of hydrogen-bond donors (Lipinski definition) is 7. The first-order valence-corrected chi connectivity index (χ1v) is 5.46. The summed E-state index contributed by atoms with van der Waals surface area (Å²) in [4.78, 5) is 29.3. The minimum atomic E-state index is -1.62. The van der Waals surface area contributed by atoms with Gasteiger partial charge in [0.25, 0.3) is 0 Å². The van der Waals surface area contributed by atoms with Crippen LogP contribution in [0.15, 0.2) is 0 Å². The Hall–Kier alpha value is -1.59. The predicted molar refractivity (Wildman–Crippen MR) is 63.7 cm³/mol. The number of carboxylic acids is 2. The Balaban J connectivity index is 0. The topological polar surface area (TPSA) is 199 Å². The lowest BCUT2D eigenvalue weighted by Gasteiger charge is -2.23. The van der Waals surface area contributed by atoms with Gasteiger partial charge in [-0.25, -0.2) is 0 Å². The largest absolute Gasteiger partial charge is 0.481 e. The molecule has 4 atom stereocenters. The number of aliphatic carboxylic acids is 2. The Morgan fingerprint density at radius 1 is 1.00 bits per heavy atom. The molecular weight excluding hydrogens is 278 g/mol. The van der Waals surface area contributed by atoms with Crippen molar-refractivity contribution in [2.24, 2.45) is 5.73 Å². The van der Waals surface area contributed by atoms with E-state index < -0.39 is 42.9 Å². The summed E-state index contributed by atoms with van der Waals surface area (Å²) in [5.74, 6) is -2.15. The number of nitrogens with two attached hydrogens (primary N) is 1. The Labute approximate surface area is 114 Å². The summed E-state index contributed by atoms with van der Waals surface area (Å²) in [5.41, 5.74) is 5.04. The lowest BCUT2D eigenvalue weighted by molar-refractivity contribution is -0.143. The second kappa shape index (κ2) is 11.3. The van der Waals surface area contributed by atoms with Crippen molar-refractivity contribution in [3.8, 4) is 0 Å². The van der Waals surface area contributed by atoms with Gasteiger partial charge in [-0.1, -0.05) is 0 Å². The highest BCUT2D eigenvalue weighted by Crippen LogP contribution is 2.01. The van der Waals surface area contributed by atoms with Gasteiger partial charge < -0.3 is 41.2 Å². The maximum absolute atomic E-state index is 10.0. The number of hydrogen-bond acceptors (Lipinski definition) is 8. The molecule has 118 valence electrons. The lowest BCUT2D eigenvalue weighted by atomic mass is 10.0. The van der Waals surface area contributed by atoms with E-state index >= 15 is 0 Å². The molecule has 0 bridgehead atoms. The zero-order valence-electron chi connectivity index (χ0n) is 10.5. The van der Waals surface area contributed by atoms with E-state index in [0.717, 1.165) is 0 Å². The van der Waals surface area contributed by atoms with Crippen molar-refractivity contribution >= 4 is 18.2 Å². The molecule has 20 heavy (non-hydrogen) atoms. The Morgan fingerprint density at radius 3 is 1.65 bits per heavy atom. The van der Waals surface area contributed by atoms with Crippen LogP contribution in [0.1, 0.15) is 12.8 Å². The van der Waals surface area contributed by atoms with Crippen LogP contribution in [0.5, 0.6) is 0 Å². The summed E-state index contributed by atoms with van der Waals surface area (Å²) in [5, 5.41) is 51.0. The second-order valence-corrected chi connectivity index (χ2v) is 3.73. The third kappa shape index (κ3) is 10.3. The van der Waals surface area contributed by atoms with Crippen LogP contribution < -0.4 is 5.73 Å². The smallest absolute Gasteiger partial charge is 0.303 e. The van der Waals surface area contributed by atoms with Gasteiger partial charge in [0.05, 0.1) is 25.5 Å². The SMILES string of the molecule is N[C@@H](C=O)[C@@H](O)[C@H](O)[C@H](O)CO.O=C(O)CCC(=O)O. The van der Waals surface area contributed by atoms with E-state index in [1.54, 1.807) is 0 Å². The molecule has 0 heterocycles. The molecule has 0 aliphatic heterocycles. The zero-order chi connectivity index (χ0) is 16.3. The van der Waals surface area contributed by atoms with E-state index in [1.807, 2.05) is 0 Å². The number of carbonyl (C=O) groups is 3. The van der Waals surface area contributed by atoms with Crippen LogP contribution in [0.2, 0.25) is 0 Å². The van der Waals surface area contributed by atoms with Crippen molar-refractivity contribution < 1.29 is 45.0 Å². The fraction of sp³-hybridized carbons (Fsp3) is 0.700. The van der Waals surface area contributed by atoms with Crippen molar-refractivity contribution in [3.63, 3.8) is 0 Å². The molecule has 0 radical (unpaired) electrons. The molecule has 0 unspecified atom stereocenters. The van der Waals surface area contributed by atoms with Crippen molar-refractivity contribution in [2.75, 3.05) is 6.61 Å². The molecule has 10 heteroatoms. The summed E-state index contributed by atoms with van der Waals surface area (Å²) < 4.78 is 0. The van der Waals surface area contributed by atoms with Gasteiger partial charge in [-0.05, 0) is 0 Å². The Bertz CT molecular complexity index is 295. The van der Waals surface area contributed by atoms with Gasteiger partial charge in [-0.15, -0.1) is 0 Å². The highest BCUT2D eigenvalue weighted by molar-refractivity contribution is 5.75. The minimum absolute atomic E-state index is 0.248. The molecule has 0 saturated carbocycles. The number of aliphatic hydroxyl groups is 4. The molecular formula is C10H19NO9. The monoisotopic (exact) mass is 297 g/mol. The fourth-order valence-corrected chi connectivity index (χ4v) is 0.858. The molecule has 0 saturated heterocycles. The second-order valence-electron chi connectivity index (χ2n) is 3.73. The van der Waals surface area contributed by atoms with Crippen LogP contribution in [-0.2, 0) is 14.4 Å². The molecule has 0 fully saturated rings. The lowest BCUT2D eigenvalue weighted by Crippen LogP contribution is -2.49. The third-order valence-corrected chi connectivity index (χ3v) is 2.04. The number of aliphatic hydroxyl groups excluding tert-OH is 4. The van der Waals surface area contributed by atoms with Gasteiger partial charge in [-0.3, -0.25) is 9.59 Å². The molecule has 0 aromatic carbocycles. The number of carbonyl (C=O) groups excluding carboxylic acids is 1. The summed E-state index contributed by atoms with van der Waals surface area (Å²) in [6, 6.07) is -1.26. The quantitative estimate of drug-likeness (QED) is 0.221. The number of carboxylic acid groups (broad SMARTS) is 2. The van der Waals surface area contributed by atoms with Crippen molar-refractivity contribution in [1.82, 2.24) is 0 Å². The normalized spacial score (nSPS) is 16.1. The maximum atomic E-state index is 10.0. The molecule has 0 spiro atoms. The van der Waals surface area contributed by atoms with Crippen LogP contribution >= 0.6 is 0 Å². The first kappa shape index (κ1) is 20.7. The third-order valence-electron chi connectivity index (χ3n) is 2.04. The molecule has 10 nitrogen and oxygen atoms in total. The van der Waals surface area contributed by atoms with E-state index in [1.165, 1.54) is 0 Å². The van der Waals surface area contributed by atoms with Crippen LogP contribution in [0.4, 0.5) is 0 Å². The first-order chi connectivity index (χ1) is 9.17. The highest BCUT2D eigenvalue weighted by atomic mass is 16.4. The van der Waals surface area contributed by atoms with Crippen LogP contribution in [0, 0.1) is 0 Å². The van der Waals surface area contributed by atoms with Gasteiger partial charge in [0.15, 0.2) is 0 Å². The van der Waals surface area contributed by atoms with Crippen LogP contribution in [0.3, 0.4) is 0 Å². The maximum Gasteiger partial charge on any atom is 0.303 e. The Kier molecular flexibility index (Phi) is 11.7. The van der Waals surface area contributed by atoms with Gasteiger partial charge in [-0.2, -0.15) is 0 Å². The van der Waals surface area contributed by atoms with E-state index in [9.17, 15) is 14.4 Å². The fourth-order valence-electron chi connectivity index (χ4n) is 0.858. The van der Waals surface area contributed by atoms with Crippen molar-refractivity contribution in [2.45, 2.75) is 37.2 Å².